The van der Waals surface area contributed by atoms with E-state index in [0.717, 1.165) is 17.7 Å². The molecule has 1 aromatic heterocycles. The van der Waals surface area contributed by atoms with Crippen molar-refractivity contribution in [3.8, 4) is 17.0 Å². The molecule has 28 heavy (non-hydrogen) atoms. The fourth-order valence-electron chi connectivity index (χ4n) is 2.87. The van der Waals surface area contributed by atoms with Crippen LogP contribution in [0.25, 0.3) is 22.2 Å². The number of carboxylic acids is 1. The molecule has 1 heterocycles. The predicted octanol–water partition coefficient (Wildman–Crippen LogP) is 5.80. The molecule has 0 amide bonds. The van der Waals surface area contributed by atoms with Crippen molar-refractivity contribution in [2.45, 2.75) is 32.5 Å². The molecule has 0 spiro atoms. The predicted molar refractivity (Wildman–Crippen MR) is 99.5 cm³/mol. The lowest BCUT2D eigenvalue weighted by atomic mass is 9.86. The van der Waals surface area contributed by atoms with Gasteiger partial charge in [-0.2, -0.15) is 0 Å². The van der Waals surface area contributed by atoms with Crippen LogP contribution in [0.1, 0.15) is 36.7 Å². The molecular formula is C21H18F3NO3. The number of carboxylic acid groups (broad SMARTS) is 1. The van der Waals surface area contributed by atoms with Crippen molar-refractivity contribution in [1.82, 2.24) is 4.98 Å². The molecule has 146 valence electrons. The van der Waals surface area contributed by atoms with Crippen LogP contribution < -0.4 is 4.74 Å². The van der Waals surface area contributed by atoms with Crippen LogP contribution in [0, 0.1) is 0 Å². The molecule has 0 aliphatic rings. The quantitative estimate of drug-likeness (QED) is 0.615. The molecule has 1 N–H and O–H groups in total. The first-order valence-corrected chi connectivity index (χ1v) is 8.49. The standard InChI is InChI=1S/C21H18F3NO3/c1-20(2,3)13-6-4-12(5-7-13)18-11-16(19(26)27)15-10-14(28-21(22,23)24)8-9-17(15)25-18/h4-11H,1-3H3,(H,26,27). The summed E-state index contributed by atoms with van der Waals surface area (Å²) in [6, 6.07) is 12.4. The van der Waals surface area contributed by atoms with Gasteiger partial charge in [-0.15, -0.1) is 13.2 Å². The number of nitrogens with zero attached hydrogens (tertiary/aromatic N) is 1. The lowest BCUT2D eigenvalue weighted by molar-refractivity contribution is -0.274. The summed E-state index contributed by atoms with van der Waals surface area (Å²) >= 11 is 0. The smallest absolute Gasteiger partial charge is 0.478 e. The topological polar surface area (TPSA) is 59.4 Å². The van der Waals surface area contributed by atoms with Gasteiger partial charge in [-0.05, 0) is 35.2 Å². The number of ether oxygens (including phenoxy) is 1. The zero-order valence-corrected chi connectivity index (χ0v) is 15.5. The largest absolute Gasteiger partial charge is 0.573 e. The van der Waals surface area contributed by atoms with Crippen molar-refractivity contribution >= 4 is 16.9 Å². The molecule has 0 bridgehead atoms. The first-order valence-electron chi connectivity index (χ1n) is 8.49. The van der Waals surface area contributed by atoms with Crippen LogP contribution in [0.15, 0.2) is 48.5 Å². The normalized spacial score (nSPS) is 12.2. The molecule has 0 aliphatic carbocycles. The van der Waals surface area contributed by atoms with E-state index >= 15 is 0 Å². The van der Waals surface area contributed by atoms with Gasteiger partial charge in [0, 0.05) is 10.9 Å². The van der Waals surface area contributed by atoms with Gasteiger partial charge < -0.3 is 9.84 Å². The summed E-state index contributed by atoms with van der Waals surface area (Å²) in [4.78, 5) is 16.1. The molecule has 0 saturated heterocycles. The van der Waals surface area contributed by atoms with E-state index in [1.165, 1.54) is 12.1 Å². The maximum Gasteiger partial charge on any atom is 0.573 e. The SMILES string of the molecule is CC(C)(C)c1ccc(-c2cc(C(=O)O)c3cc(OC(F)(F)F)ccc3n2)cc1. The minimum atomic E-state index is -4.86. The molecule has 0 unspecified atom stereocenters. The maximum atomic E-state index is 12.4. The molecule has 3 aromatic rings. The zero-order valence-electron chi connectivity index (χ0n) is 15.5. The van der Waals surface area contributed by atoms with Gasteiger partial charge in [0.25, 0.3) is 0 Å². The lowest BCUT2D eigenvalue weighted by Crippen LogP contribution is -2.17. The summed E-state index contributed by atoms with van der Waals surface area (Å²) in [6.45, 7) is 6.25. The van der Waals surface area contributed by atoms with Gasteiger partial charge in [-0.25, -0.2) is 9.78 Å². The average Bonchev–Trinajstić information content (AvgIpc) is 2.58. The second-order valence-electron chi connectivity index (χ2n) is 7.41. The first kappa shape index (κ1) is 19.7. The Morgan fingerprint density at radius 1 is 1.00 bits per heavy atom. The second kappa shape index (κ2) is 6.82. The van der Waals surface area contributed by atoms with E-state index in [0.29, 0.717) is 11.3 Å². The maximum absolute atomic E-state index is 12.4. The van der Waals surface area contributed by atoms with Crippen molar-refractivity contribution in [1.29, 1.82) is 0 Å². The van der Waals surface area contributed by atoms with Gasteiger partial charge in [0.1, 0.15) is 5.75 Å². The number of fused-ring (bicyclic) bond motifs is 1. The molecule has 0 saturated carbocycles. The molecule has 0 fully saturated rings. The fourth-order valence-corrected chi connectivity index (χ4v) is 2.87. The van der Waals surface area contributed by atoms with E-state index in [1.807, 2.05) is 24.3 Å². The van der Waals surface area contributed by atoms with Crippen molar-refractivity contribution < 1.29 is 27.8 Å². The van der Waals surface area contributed by atoms with E-state index in [2.05, 4.69) is 30.5 Å². The molecule has 3 rings (SSSR count). The van der Waals surface area contributed by atoms with Crippen molar-refractivity contribution in [3.63, 3.8) is 0 Å². The second-order valence-corrected chi connectivity index (χ2v) is 7.41. The Balaban J connectivity index is 2.10. The highest BCUT2D eigenvalue weighted by Gasteiger charge is 2.31. The van der Waals surface area contributed by atoms with E-state index in [4.69, 9.17) is 0 Å². The third kappa shape index (κ3) is 4.24. The van der Waals surface area contributed by atoms with Gasteiger partial charge in [0.05, 0.1) is 16.8 Å². The number of aromatic carboxylic acids is 1. The summed E-state index contributed by atoms with van der Waals surface area (Å²) < 4.78 is 41.2. The Morgan fingerprint density at radius 3 is 2.18 bits per heavy atom. The summed E-state index contributed by atoms with van der Waals surface area (Å²) in [5.74, 6) is -1.75. The van der Waals surface area contributed by atoms with Crippen LogP contribution in [0.2, 0.25) is 0 Å². The third-order valence-corrected chi connectivity index (χ3v) is 4.29. The molecule has 0 radical (unpaired) electrons. The minimum absolute atomic E-state index is 0.0313. The number of halogens is 3. The summed E-state index contributed by atoms with van der Waals surface area (Å²) in [7, 11) is 0. The number of hydrogen-bond donors (Lipinski definition) is 1. The lowest BCUT2D eigenvalue weighted by Gasteiger charge is -2.19. The van der Waals surface area contributed by atoms with Gasteiger partial charge in [-0.1, -0.05) is 45.0 Å². The van der Waals surface area contributed by atoms with Crippen LogP contribution in [0.5, 0.6) is 5.75 Å². The number of rotatable bonds is 3. The molecule has 4 nitrogen and oxygen atoms in total. The zero-order chi connectivity index (χ0) is 20.7. The number of alkyl halides is 3. The molecule has 0 aliphatic heterocycles. The van der Waals surface area contributed by atoms with Crippen molar-refractivity contribution in [2.24, 2.45) is 0 Å². The third-order valence-electron chi connectivity index (χ3n) is 4.29. The number of carbonyl (C=O) groups is 1. The van der Waals surface area contributed by atoms with E-state index in [-0.39, 0.29) is 21.9 Å². The van der Waals surface area contributed by atoms with Gasteiger partial charge in [-0.3, -0.25) is 0 Å². The Morgan fingerprint density at radius 2 is 1.64 bits per heavy atom. The molecule has 0 atom stereocenters. The van der Waals surface area contributed by atoms with E-state index in [9.17, 15) is 23.1 Å². The molecular weight excluding hydrogens is 371 g/mol. The Hall–Kier alpha value is -3.09. The summed E-state index contributed by atoms with van der Waals surface area (Å²) in [5, 5.41) is 9.61. The average molecular weight is 389 g/mol. The Bertz CT molecular complexity index is 1040. The highest BCUT2D eigenvalue weighted by Crippen LogP contribution is 2.31. The number of benzene rings is 2. The Labute approximate surface area is 159 Å². The van der Waals surface area contributed by atoms with Gasteiger partial charge >= 0.3 is 12.3 Å². The van der Waals surface area contributed by atoms with Crippen LogP contribution in [-0.4, -0.2) is 22.4 Å². The highest BCUT2D eigenvalue weighted by molar-refractivity contribution is 6.04. The molecule has 7 heteroatoms. The summed E-state index contributed by atoms with van der Waals surface area (Å²) in [6.07, 6.45) is -4.86. The minimum Gasteiger partial charge on any atom is -0.478 e. The van der Waals surface area contributed by atoms with Crippen LogP contribution in [0.4, 0.5) is 13.2 Å². The van der Waals surface area contributed by atoms with Crippen LogP contribution >= 0.6 is 0 Å². The number of hydrogen-bond acceptors (Lipinski definition) is 3. The molecule has 2 aromatic carbocycles. The summed E-state index contributed by atoms with van der Waals surface area (Å²) in [5.41, 5.74) is 2.35. The van der Waals surface area contributed by atoms with Crippen LogP contribution in [-0.2, 0) is 5.41 Å². The van der Waals surface area contributed by atoms with E-state index < -0.39 is 18.1 Å². The highest BCUT2D eigenvalue weighted by atomic mass is 19.4. The van der Waals surface area contributed by atoms with Gasteiger partial charge in [0.2, 0.25) is 0 Å². The monoisotopic (exact) mass is 389 g/mol. The number of aromatic nitrogens is 1. The van der Waals surface area contributed by atoms with Crippen LogP contribution in [0.3, 0.4) is 0 Å². The van der Waals surface area contributed by atoms with Gasteiger partial charge in [0.15, 0.2) is 0 Å². The fraction of sp³-hybridized carbons (Fsp3) is 0.238. The van der Waals surface area contributed by atoms with Crippen molar-refractivity contribution in [2.75, 3.05) is 0 Å². The van der Waals surface area contributed by atoms with E-state index in [1.54, 1.807) is 0 Å². The Kier molecular flexibility index (Phi) is 4.79. The first-order chi connectivity index (χ1) is 12.9. The number of pyridine rings is 1. The van der Waals surface area contributed by atoms with Crippen molar-refractivity contribution in [3.05, 3.63) is 59.7 Å².